The molecule has 0 aromatic carbocycles. The Labute approximate surface area is 81.3 Å². The third-order valence-corrected chi connectivity index (χ3v) is 1.72. The molecule has 0 saturated heterocycles. The van der Waals surface area contributed by atoms with Crippen LogP contribution in [0.1, 0.15) is 39.0 Å². The Balaban J connectivity index is 2.91. The van der Waals surface area contributed by atoms with Crippen LogP contribution in [0.5, 0.6) is 0 Å². The van der Waals surface area contributed by atoms with Crippen LogP contribution in [0.4, 0.5) is 0 Å². The van der Waals surface area contributed by atoms with E-state index >= 15 is 0 Å². The van der Waals surface area contributed by atoms with Gasteiger partial charge in [0.05, 0.1) is 6.61 Å². The highest BCUT2D eigenvalue weighted by Crippen LogP contribution is 1.98. The maximum atomic E-state index is 8.35. The number of hydrogen-bond acceptors (Lipinski definition) is 2. The summed E-state index contributed by atoms with van der Waals surface area (Å²) < 4.78 is 5.34. The summed E-state index contributed by atoms with van der Waals surface area (Å²) in [6.07, 6.45) is 5.71. The SMILES string of the molecule is CCCCCCOCCC#CCO. The van der Waals surface area contributed by atoms with E-state index in [1.54, 1.807) is 0 Å². The molecule has 0 fully saturated rings. The van der Waals surface area contributed by atoms with Crippen LogP contribution >= 0.6 is 0 Å². The van der Waals surface area contributed by atoms with Crippen LogP contribution < -0.4 is 0 Å². The standard InChI is InChI=1S/C11H20O2/c1-2-3-4-7-10-13-11-8-5-6-9-12/h12H,2-4,7-11H2,1H3. The van der Waals surface area contributed by atoms with Gasteiger partial charge in [-0.3, -0.25) is 0 Å². The molecule has 0 aliphatic rings. The third-order valence-electron chi connectivity index (χ3n) is 1.72. The van der Waals surface area contributed by atoms with Crippen molar-refractivity contribution in [3.63, 3.8) is 0 Å². The number of ether oxygens (including phenoxy) is 1. The van der Waals surface area contributed by atoms with Crippen LogP contribution in [0.3, 0.4) is 0 Å². The van der Waals surface area contributed by atoms with Gasteiger partial charge in [0.25, 0.3) is 0 Å². The first kappa shape index (κ1) is 12.5. The highest BCUT2D eigenvalue weighted by Gasteiger charge is 1.87. The second kappa shape index (κ2) is 11.5. The number of aliphatic hydroxyl groups excluding tert-OH is 1. The zero-order chi connectivity index (χ0) is 9.78. The normalized spacial score (nSPS) is 9.38. The predicted octanol–water partition coefficient (Wildman–Crippen LogP) is 1.97. The largest absolute Gasteiger partial charge is 0.384 e. The van der Waals surface area contributed by atoms with E-state index < -0.39 is 0 Å². The summed E-state index contributed by atoms with van der Waals surface area (Å²) in [6, 6.07) is 0. The van der Waals surface area contributed by atoms with Gasteiger partial charge in [-0.15, -0.1) is 0 Å². The summed E-state index contributed by atoms with van der Waals surface area (Å²) in [5.41, 5.74) is 0. The van der Waals surface area contributed by atoms with Gasteiger partial charge in [0.1, 0.15) is 6.61 Å². The van der Waals surface area contributed by atoms with Gasteiger partial charge in [0.15, 0.2) is 0 Å². The molecule has 2 heteroatoms. The summed E-state index contributed by atoms with van der Waals surface area (Å²) in [5, 5.41) is 8.35. The molecule has 0 bridgehead atoms. The van der Waals surface area contributed by atoms with Crippen LogP contribution in [-0.2, 0) is 4.74 Å². The Morgan fingerprint density at radius 1 is 1.08 bits per heavy atom. The van der Waals surface area contributed by atoms with Crippen LogP contribution in [0.25, 0.3) is 0 Å². The van der Waals surface area contributed by atoms with Crippen molar-refractivity contribution in [3.05, 3.63) is 0 Å². The molecule has 0 unspecified atom stereocenters. The van der Waals surface area contributed by atoms with E-state index in [1.807, 2.05) is 0 Å². The Hall–Kier alpha value is -0.520. The molecular formula is C11H20O2. The van der Waals surface area contributed by atoms with Gasteiger partial charge < -0.3 is 9.84 Å². The van der Waals surface area contributed by atoms with E-state index in [0.29, 0.717) is 6.61 Å². The fraction of sp³-hybridized carbons (Fsp3) is 0.818. The van der Waals surface area contributed by atoms with Crippen molar-refractivity contribution in [2.75, 3.05) is 19.8 Å². The summed E-state index contributed by atoms with van der Waals surface area (Å²) in [4.78, 5) is 0. The molecule has 0 heterocycles. The topological polar surface area (TPSA) is 29.5 Å². The zero-order valence-corrected chi connectivity index (χ0v) is 8.51. The summed E-state index contributed by atoms with van der Waals surface area (Å²) >= 11 is 0. The molecular weight excluding hydrogens is 164 g/mol. The van der Waals surface area contributed by atoms with Crippen molar-refractivity contribution in [2.45, 2.75) is 39.0 Å². The van der Waals surface area contributed by atoms with Crippen LogP contribution in [-0.4, -0.2) is 24.9 Å². The van der Waals surface area contributed by atoms with Crippen LogP contribution in [0, 0.1) is 11.8 Å². The minimum absolute atomic E-state index is 0.0451. The molecule has 0 radical (unpaired) electrons. The zero-order valence-electron chi connectivity index (χ0n) is 8.51. The van der Waals surface area contributed by atoms with E-state index in [2.05, 4.69) is 18.8 Å². The maximum absolute atomic E-state index is 8.35. The molecule has 1 N–H and O–H groups in total. The first-order chi connectivity index (χ1) is 6.41. The van der Waals surface area contributed by atoms with Gasteiger partial charge in [-0.25, -0.2) is 0 Å². The van der Waals surface area contributed by atoms with Gasteiger partial charge in [-0.1, -0.05) is 38.0 Å². The van der Waals surface area contributed by atoms with Crippen molar-refractivity contribution in [3.8, 4) is 11.8 Å². The van der Waals surface area contributed by atoms with E-state index in [9.17, 15) is 0 Å². The quantitative estimate of drug-likeness (QED) is 0.484. The number of rotatable bonds is 7. The van der Waals surface area contributed by atoms with Crippen molar-refractivity contribution >= 4 is 0 Å². The Morgan fingerprint density at radius 3 is 2.62 bits per heavy atom. The Morgan fingerprint density at radius 2 is 1.92 bits per heavy atom. The van der Waals surface area contributed by atoms with Crippen LogP contribution in [0.2, 0.25) is 0 Å². The molecule has 0 atom stereocenters. The lowest BCUT2D eigenvalue weighted by atomic mass is 10.2. The second-order valence-corrected chi connectivity index (χ2v) is 2.93. The molecule has 0 spiro atoms. The van der Waals surface area contributed by atoms with Gasteiger partial charge in [0.2, 0.25) is 0 Å². The van der Waals surface area contributed by atoms with Gasteiger partial charge in [-0.2, -0.15) is 0 Å². The molecule has 0 aromatic rings. The van der Waals surface area contributed by atoms with Crippen molar-refractivity contribution in [1.82, 2.24) is 0 Å². The molecule has 76 valence electrons. The molecule has 0 aliphatic carbocycles. The highest BCUT2D eigenvalue weighted by atomic mass is 16.5. The van der Waals surface area contributed by atoms with Crippen LogP contribution in [0.15, 0.2) is 0 Å². The van der Waals surface area contributed by atoms with Gasteiger partial charge in [0, 0.05) is 13.0 Å². The molecule has 0 rings (SSSR count). The van der Waals surface area contributed by atoms with E-state index in [0.717, 1.165) is 19.4 Å². The first-order valence-electron chi connectivity index (χ1n) is 5.06. The van der Waals surface area contributed by atoms with E-state index in [4.69, 9.17) is 9.84 Å². The smallest absolute Gasteiger partial charge is 0.104 e. The average Bonchev–Trinajstić information content (AvgIpc) is 2.16. The highest BCUT2D eigenvalue weighted by molar-refractivity contribution is 4.98. The van der Waals surface area contributed by atoms with E-state index in [1.165, 1.54) is 19.3 Å². The summed E-state index contributed by atoms with van der Waals surface area (Å²) in [7, 11) is 0. The monoisotopic (exact) mass is 184 g/mol. The number of unbranched alkanes of at least 4 members (excludes halogenated alkanes) is 3. The fourth-order valence-corrected chi connectivity index (χ4v) is 1.00. The Kier molecular flexibility index (Phi) is 11.0. The molecule has 0 aromatic heterocycles. The summed E-state index contributed by atoms with van der Waals surface area (Å²) in [6.45, 7) is 3.70. The minimum atomic E-state index is -0.0451. The second-order valence-electron chi connectivity index (χ2n) is 2.93. The number of aliphatic hydroxyl groups is 1. The lowest BCUT2D eigenvalue weighted by molar-refractivity contribution is 0.135. The molecule has 2 nitrogen and oxygen atoms in total. The molecule has 0 saturated carbocycles. The lowest BCUT2D eigenvalue weighted by Crippen LogP contribution is -1.95. The van der Waals surface area contributed by atoms with Gasteiger partial charge >= 0.3 is 0 Å². The summed E-state index contributed by atoms with van der Waals surface area (Å²) in [5.74, 6) is 5.40. The molecule has 13 heavy (non-hydrogen) atoms. The predicted molar refractivity (Wildman–Crippen MR) is 54.4 cm³/mol. The Bertz CT molecular complexity index is 144. The van der Waals surface area contributed by atoms with E-state index in [-0.39, 0.29) is 6.61 Å². The fourth-order valence-electron chi connectivity index (χ4n) is 1.00. The van der Waals surface area contributed by atoms with Crippen molar-refractivity contribution < 1.29 is 9.84 Å². The first-order valence-corrected chi connectivity index (χ1v) is 5.06. The maximum Gasteiger partial charge on any atom is 0.104 e. The third kappa shape index (κ3) is 11.5. The number of hydrogen-bond donors (Lipinski definition) is 1. The average molecular weight is 184 g/mol. The van der Waals surface area contributed by atoms with Gasteiger partial charge in [-0.05, 0) is 6.42 Å². The van der Waals surface area contributed by atoms with Crippen molar-refractivity contribution in [2.24, 2.45) is 0 Å². The minimum Gasteiger partial charge on any atom is -0.384 e. The van der Waals surface area contributed by atoms with Crippen molar-refractivity contribution in [1.29, 1.82) is 0 Å². The molecule has 0 amide bonds. The lowest BCUT2D eigenvalue weighted by Gasteiger charge is -2.00. The molecule has 0 aliphatic heterocycles.